The third kappa shape index (κ3) is 4.56. The van der Waals surface area contributed by atoms with Crippen LogP contribution in [-0.2, 0) is 16.6 Å². The molecule has 0 spiro atoms. The van der Waals surface area contributed by atoms with Crippen molar-refractivity contribution in [2.24, 2.45) is 5.14 Å². The van der Waals surface area contributed by atoms with E-state index in [0.717, 1.165) is 25.1 Å². The normalized spacial score (nSPS) is 21.6. The first-order valence-electron chi connectivity index (χ1n) is 6.99. The zero-order valence-electron chi connectivity index (χ0n) is 11.9. The summed E-state index contributed by atoms with van der Waals surface area (Å²) >= 11 is 0. The van der Waals surface area contributed by atoms with Crippen molar-refractivity contribution in [1.82, 2.24) is 10.2 Å². The van der Waals surface area contributed by atoms with Gasteiger partial charge in [-0.05, 0) is 57.1 Å². The van der Waals surface area contributed by atoms with E-state index in [4.69, 9.17) is 5.14 Å². The van der Waals surface area contributed by atoms with Crippen LogP contribution in [0.5, 0.6) is 0 Å². The minimum absolute atomic E-state index is 0.178. The molecule has 1 saturated heterocycles. The quantitative estimate of drug-likeness (QED) is 0.866. The molecule has 1 aromatic carbocycles. The van der Waals surface area contributed by atoms with Gasteiger partial charge in [-0.25, -0.2) is 13.6 Å². The summed E-state index contributed by atoms with van der Waals surface area (Å²) in [6.45, 7) is 2.94. The fourth-order valence-electron chi connectivity index (χ4n) is 2.54. The third-order valence-corrected chi connectivity index (χ3v) is 4.68. The van der Waals surface area contributed by atoms with Gasteiger partial charge in [0.15, 0.2) is 0 Å². The number of nitrogens with zero attached hydrogens (tertiary/aromatic N) is 1. The summed E-state index contributed by atoms with van der Waals surface area (Å²) in [4.78, 5) is 2.53. The number of sulfonamides is 1. The molecule has 0 radical (unpaired) electrons. The molecule has 0 aliphatic carbocycles. The molecule has 0 bridgehead atoms. The predicted molar refractivity (Wildman–Crippen MR) is 79.8 cm³/mol. The van der Waals surface area contributed by atoms with Crippen molar-refractivity contribution in [2.45, 2.75) is 36.7 Å². The van der Waals surface area contributed by atoms with Crippen LogP contribution in [0.25, 0.3) is 0 Å². The van der Waals surface area contributed by atoms with Crippen LogP contribution >= 0.6 is 0 Å². The fourth-order valence-corrected chi connectivity index (χ4v) is 3.12. The highest BCUT2D eigenvalue weighted by atomic mass is 32.2. The van der Waals surface area contributed by atoms with E-state index < -0.39 is 10.0 Å². The molecular formula is C14H23N3O2S. The van der Waals surface area contributed by atoms with Gasteiger partial charge in [0.2, 0.25) is 10.0 Å². The van der Waals surface area contributed by atoms with Crippen molar-refractivity contribution in [3.05, 3.63) is 29.8 Å². The topological polar surface area (TPSA) is 75.4 Å². The van der Waals surface area contributed by atoms with Crippen LogP contribution in [0.3, 0.4) is 0 Å². The number of primary sulfonamides is 1. The lowest BCUT2D eigenvalue weighted by Gasteiger charge is -2.17. The van der Waals surface area contributed by atoms with E-state index in [1.165, 1.54) is 18.9 Å². The molecule has 2 rings (SSSR count). The van der Waals surface area contributed by atoms with Crippen LogP contribution in [0.1, 0.15) is 24.8 Å². The van der Waals surface area contributed by atoms with E-state index in [0.29, 0.717) is 12.6 Å². The van der Waals surface area contributed by atoms with Gasteiger partial charge < -0.3 is 10.2 Å². The molecule has 1 heterocycles. The summed E-state index contributed by atoms with van der Waals surface area (Å²) < 4.78 is 22.6. The van der Waals surface area contributed by atoms with Crippen molar-refractivity contribution in [3.8, 4) is 0 Å². The van der Waals surface area contributed by atoms with Gasteiger partial charge in [0.05, 0.1) is 4.90 Å². The zero-order valence-corrected chi connectivity index (χ0v) is 12.7. The van der Waals surface area contributed by atoms with E-state index in [1.807, 2.05) is 6.07 Å². The Bertz CT molecular complexity index is 545. The molecule has 1 aromatic rings. The van der Waals surface area contributed by atoms with Gasteiger partial charge in [-0.1, -0.05) is 12.1 Å². The van der Waals surface area contributed by atoms with Crippen LogP contribution in [-0.4, -0.2) is 39.5 Å². The maximum Gasteiger partial charge on any atom is 0.238 e. The number of benzene rings is 1. The van der Waals surface area contributed by atoms with Gasteiger partial charge >= 0.3 is 0 Å². The molecule has 0 aromatic heterocycles. The summed E-state index contributed by atoms with van der Waals surface area (Å²) in [5, 5.41) is 8.66. The molecule has 0 amide bonds. The average molecular weight is 297 g/mol. The predicted octanol–water partition coefficient (Wildman–Crippen LogP) is 0.908. The molecule has 1 aliphatic heterocycles. The number of rotatable bonds is 4. The minimum Gasteiger partial charge on any atom is -0.310 e. The second kappa shape index (κ2) is 6.67. The highest BCUT2D eigenvalue weighted by Crippen LogP contribution is 2.13. The van der Waals surface area contributed by atoms with Crippen LogP contribution < -0.4 is 10.5 Å². The Kier molecular flexibility index (Phi) is 5.15. The monoisotopic (exact) mass is 297 g/mol. The molecule has 0 saturated carbocycles. The summed E-state index contributed by atoms with van der Waals surface area (Å²) in [5.41, 5.74) is 0.953. The lowest BCUT2D eigenvalue weighted by atomic mass is 10.1. The minimum atomic E-state index is -3.62. The van der Waals surface area contributed by atoms with Gasteiger partial charge in [0, 0.05) is 12.6 Å². The Morgan fingerprint density at radius 1 is 1.35 bits per heavy atom. The summed E-state index contributed by atoms with van der Waals surface area (Å²) in [6, 6.07) is 7.32. The summed E-state index contributed by atoms with van der Waals surface area (Å²) in [7, 11) is -1.47. The van der Waals surface area contributed by atoms with Crippen LogP contribution in [0, 0.1) is 0 Å². The number of nitrogens with two attached hydrogens (primary N) is 1. The van der Waals surface area contributed by atoms with Gasteiger partial charge in [-0.15, -0.1) is 0 Å². The van der Waals surface area contributed by atoms with E-state index in [2.05, 4.69) is 17.3 Å². The van der Waals surface area contributed by atoms with Crippen LogP contribution in [0.2, 0.25) is 0 Å². The molecule has 1 atom stereocenters. The highest BCUT2D eigenvalue weighted by molar-refractivity contribution is 7.89. The number of hydrogen-bond acceptors (Lipinski definition) is 4. The van der Waals surface area contributed by atoms with Crippen LogP contribution in [0.15, 0.2) is 29.2 Å². The Morgan fingerprint density at radius 2 is 2.15 bits per heavy atom. The molecule has 1 fully saturated rings. The van der Waals surface area contributed by atoms with Crippen LogP contribution in [0.4, 0.5) is 0 Å². The largest absolute Gasteiger partial charge is 0.310 e. The van der Waals surface area contributed by atoms with Gasteiger partial charge in [-0.2, -0.15) is 0 Å². The van der Waals surface area contributed by atoms with E-state index in [9.17, 15) is 8.42 Å². The first-order chi connectivity index (χ1) is 9.45. The molecular weight excluding hydrogens is 274 g/mol. The first kappa shape index (κ1) is 15.4. The molecule has 112 valence electrons. The number of hydrogen-bond donors (Lipinski definition) is 2. The van der Waals surface area contributed by atoms with Crippen molar-refractivity contribution < 1.29 is 8.42 Å². The molecule has 1 unspecified atom stereocenters. The van der Waals surface area contributed by atoms with Gasteiger partial charge in [-0.3, -0.25) is 0 Å². The van der Waals surface area contributed by atoms with E-state index in [1.54, 1.807) is 12.1 Å². The Balaban J connectivity index is 1.94. The molecule has 5 nitrogen and oxygen atoms in total. The maximum absolute atomic E-state index is 11.3. The Hall–Kier alpha value is -0.950. The van der Waals surface area contributed by atoms with Crippen molar-refractivity contribution in [1.29, 1.82) is 0 Å². The van der Waals surface area contributed by atoms with Crippen molar-refractivity contribution in [2.75, 3.05) is 20.1 Å². The summed E-state index contributed by atoms with van der Waals surface area (Å²) in [6.07, 6.45) is 3.50. The fraction of sp³-hybridized carbons (Fsp3) is 0.571. The smallest absolute Gasteiger partial charge is 0.238 e. The van der Waals surface area contributed by atoms with Gasteiger partial charge in [0.1, 0.15) is 0 Å². The first-order valence-corrected chi connectivity index (χ1v) is 8.53. The summed E-state index contributed by atoms with van der Waals surface area (Å²) in [5.74, 6) is 0. The Morgan fingerprint density at radius 3 is 2.90 bits per heavy atom. The maximum atomic E-state index is 11.3. The second-order valence-electron chi connectivity index (χ2n) is 5.50. The number of likely N-dealkylation sites (tertiary alicyclic amines) is 1. The van der Waals surface area contributed by atoms with Gasteiger partial charge in [0.25, 0.3) is 0 Å². The van der Waals surface area contributed by atoms with E-state index in [-0.39, 0.29) is 4.90 Å². The van der Waals surface area contributed by atoms with Crippen molar-refractivity contribution >= 4 is 10.0 Å². The van der Waals surface area contributed by atoms with Crippen molar-refractivity contribution in [3.63, 3.8) is 0 Å². The Labute approximate surface area is 121 Å². The lowest BCUT2D eigenvalue weighted by Crippen LogP contribution is -2.29. The molecule has 3 N–H and O–H groups in total. The highest BCUT2D eigenvalue weighted by Gasteiger charge is 2.14. The number of nitrogens with one attached hydrogen (secondary N) is 1. The van der Waals surface area contributed by atoms with E-state index >= 15 is 0 Å². The third-order valence-electron chi connectivity index (χ3n) is 3.77. The zero-order chi connectivity index (χ0) is 14.6. The standard InChI is InChI=1S/C14H23N3O2S/c1-17-8-3-5-13(7-9-17)16-11-12-4-2-6-14(10-12)20(15,18)19/h2,4,6,10,13,16H,3,5,7-9,11H2,1H3,(H2,15,18,19). The second-order valence-corrected chi connectivity index (χ2v) is 7.07. The average Bonchev–Trinajstić information content (AvgIpc) is 2.61. The lowest BCUT2D eigenvalue weighted by molar-refractivity contribution is 0.343. The molecule has 6 heteroatoms. The SMILES string of the molecule is CN1CCCC(NCc2cccc(S(N)(=O)=O)c2)CC1. The molecule has 1 aliphatic rings. The molecule has 20 heavy (non-hydrogen) atoms.